The average molecular weight is 394 g/mol. The van der Waals surface area contributed by atoms with Crippen LogP contribution in [0.1, 0.15) is 32.4 Å². The number of aromatic nitrogens is 1. The maximum atomic E-state index is 12.5. The van der Waals surface area contributed by atoms with Crippen LogP contribution in [0.25, 0.3) is 10.8 Å². The molecule has 6 nitrogen and oxygen atoms in total. The second-order valence-corrected chi connectivity index (χ2v) is 6.84. The molecular weight excluding hydrogens is 368 g/mol. The minimum absolute atomic E-state index is 0.0154. The van der Waals surface area contributed by atoms with Gasteiger partial charge >= 0.3 is 5.97 Å². The van der Waals surface area contributed by atoms with E-state index in [2.05, 4.69) is 10.3 Å². The minimum Gasteiger partial charge on any atom is -0.490 e. The Balaban J connectivity index is 1.95. The summed E-state index contributed by atoms with van der Waals surface area (Å²) in [6, 6.07) is 12.6. The minimum atomic E-state index is -0.688. The number of hydrogen-bond acceptors (Lipinski definition) is 6. The first-order valence-corrected chi connectivity index (χ1v) is 9.63. The lowest BCUT2D eigenvalue weighted by atomic mass is 10.0. The molecule has 0 saturated heterocycles. The highest BCUT2D eigenvalue weighted by Gasteiger charge is 2.23. The van der Waals surface area contributed by atoms with Gasteiger partial charge in [0.15, 0.2) is 17.5 Å². The fourth-order valence-electron chi connectivity index (χ4n) is 3.06. The maximum Gasteiger partial charge on any atom is 0.332 e. The quantitative estimate of drug-likeness (QED) is 0.556. The summed E-state index contributed by atoms with van der Waals surface area (Å²) in [5.41, 5.74) is 1.53. The molecule has 2 aromatic carbocycles. The number of carbonyl (C=O) groups excluding carboxylic acids is 1. The average Bonchev–Trinajstić information content (AvgIpc) is 2.72. The Hall–Kier alpha value is -3.28. The standard InChI is InChI=1S/C23H26N2O4/c1-5-28-21-13-17(7-9-20(21)29-15(2)3)22(23(26)27-4)25-19-8-6-18-14-24-11-10-16(18)12-19/h6-15,22,25H,5H2,1-4H3. The van der Waals surface area contributed by atoms with Crippen molar-refractivity contribution in [2.45, 2.75) is 32.9 Å². The van der Waals surface area contributed by atoms with Gasteiger partial charge in [-0.05, 0) is 62.1 Å². The summed E-state index contributed by atoms with van der Waals surface area (Å²) in [7, 11) is 1.38. The van der Waals surface area contributed by atoms with Crippen molar-refractivity contribution in [3.8, 4) is 11.5 Å². The lowest BCUT2D eigenvalue weighted by Crippen LogP contribution is -2.22. The highest BCUT2D eigenvalue weighted by atomic mass is 16.5. The van der Waals surface area contributed by atoms with Crippen LogP contribution in [0.5, 0.6) is 11.5 Å². The molecule has 29 heavy (non-hydrogen) atoms. The zero-order valence-electron chi connectivity index (χ0n) is 17.1. The molecule has 0 spiro atoms. The summed E-state index contributed by atoms with van der Waals surface area (Å²) in [6.07, 6.45) is 3.56. The van der Waals surface area contributed by atoms with E-state index in [1.165, 1.54) is 7.11 Å². The molecule has 0 aliphatic rings. The third kappa shape index (κ3) is 4.96. The van der Waals surface area contributed by atoms with Crippen LogP contribution in [0.4, 0.5) is 5.69 Å². The summed E-state index contributed by atoms with van der Waals surface area (Å²) < 4.78 is 16.6. The third-order valence-corrected chi connectivity index (χ3v) is 4.35. The number of fused-ring (bicyclic) bond motifs is 1. The molecule has 6 heteroatoms. The normalized spacial score (nSPS) is 11.9. The van der Waals surface area contributed by atoms with Gasteiger partial charge in [0.2, 0.25) is 0 Å². The number of ether oxygens (including phenoxy) is 3. The summed E-state index contributed by atoms with van der Waals surface area (Å²) in [5.74, 6) is 0.853. The van der Waals surface area contributed by atoms with Crippen molar-refractivity contribution in [1.82, 2.24) is 4.98 Å². The number of hydrogen-bond donors (Lipinski definition) is 1. The van der Waals surface area contributed by atoms with Gasteiger partial charge in [-0.25, -0.2) is 4.79 Å². The van der Waals surface area contributed by atoms with E-state index >= 15 is 0 Å². The van der Waals surface area contributed by atoms with Crippen LogP contribution in [-0.4, -0.2) is 30.8 Å². The van der Waals surface area contributed by atoms with Crippen LogP contribution >= 0.6 is 0 Å². The number of esters is 1. The van der Waals surface area contributed by atoms with Gasteiger partial charge < -0.3 is 19.5 Å². The molecule has 0 amide bonds. The first kappa shape index (κ1) is 20.5. The van der Waals surface area contributed by atoms with Crippen LogP contribution in [-0.2, 0) is 9.53 Å². The van der Waals surface area contributed by atoms with Crippen LogP contribution in [0, 0.1) is 0 Å². The van der Waals surface area contributed by atoms with E-state index in [1.807, 2.05) is 63.2 Å². The number of benzene rings is 2. The van der Waals surface area contributed by atoms with E-state index in [-0.39, 0.29) is 12.1 Å². The van der Waals surface area contributed by atoms with Gasteiger partial charge in [-0.2, -0.15) is 0 Å². The Labute approximate surface area is 170 Å². The van der Waals surface area contributed by atoms with Crippen LogP contribution < -0.4 is 14.8 Å². The van der Waals surface area contributed by atoms with Crippen molar-refractivity contribution < 1.29 is 19.0 Å². The second kappa shape index (κ2) is 9.28. The highest BCUT2D eigenvalue weighted by Crippen LogP contribution is 2.33. The van der Waals surface area contributed by atoms with Crippen LogP contribution in [0.15, 0.2) is 54.9 Å². The molecule has 0 saturated carbocycles. The number of methoxy groups -OCH3 is 1. The van der Waals surface area contributed by atoms with Crippen molar-refractivity contribution in [1.29, 1.82) is 0 Å². The summed E-state index contributed by atoms with van der Waals surface area (Å²) in [4.78, 5) is 16.7. The molecule has 1 atom stereocenters. The number of rotatable bonds is 8. The third-order valence-electron chi connectivity index (χ3n) is 4.35. The smallest absolute Gasteiger partial charge is 0.332 e. The molecule has 0 aliphatic carbocycles. The zero-order chi connectivity index (χ0) is 20.8. The van der Waals surface area contributed by atoms with E-state index in [0.717, 1.165) is 22.0 Å². The molecule has 0 radical (unpaired) electrons. The van der Waals surface area contributed by atoms with Gasteiger partial charge in [0.25, 0.3) is 0 Å². The lowest BCUT2D eigenvalue weighted by Gasteiger charge is -2.21. The first-order chi connectivity index (χ1) is 14.0. The van der Waals surface area contributed by atoms with Gasteiger partial charge in [-0.1, -0.05) is 12.1 Å². The van der Waals surface area contributed by atoms with Gasteiger partial charge in [0, 0.05) is 23.5 Å². The predicted molar refractivity (Wildman–Crippen MR) is 113 cm³/mol. The molecule has 1 unspecified atom stereocenters. The molecular formula is C23H26N2O4. The van der Waals surface area contributed by atoms with Crippen molar-refractivity contribution in [2.75, 3.05) is 19.0 Å². The van der Waals surface area contributed by atoms with E-state index < -0.39 is 6.04 Å². The summed E-state index contributed by atoms with van der Waals surface area (Å²) in [5, 5.41) is 5.34. The molecule has 0 fully saturated rings. The lowest BCUT2D eigenvalue weighted by molar-refractivity contribution is -0.141. The van der Waals surface area contributed by atoms with Crippen molar-refractivity contribution in [3.05, 3.63) is 60.4 Å². The fraction of sp³-hybridized carbons (Fsp3) is 0.304. The van der Waals surface area contributed by atoms with Crippen LogP contribution in [0.3, 0.4) is 0 Å². The topological polar surface area (TPSA) is 69.7 Å². The molecule has 0 bridgehead atoms. The Morgan fingerprint density at radius 2 is 1.90 bits per heavy atom. The van der Waals surface area contributed by atoms with E-state index in [9.17, 15) is 4.79 Å². The van der Waals surface area contributed by atoms with Crippen molar-refractivity contribution >= 4 is 22.4 Å². The Morgan fingerprint density at radius 1 is 1.07 bits per heavy atom. The number of pyridine rings is 1. The second-order valence-electron chi connectivity index (χ2n) is 6.84. The van der Waals surface area contributed by atoms with Crippen molar-refractivity contribution in [2.24, 2.45) is 0 Å². The van der Waals surface area contributed by atoms with Crippen LogP contribution in [0.2, 0.25) is 0 Å². The SMILES string of the molecule is CCOc1cc(C(Nc2ccc3cnccc3c2)C(=O)OC)ccc1OC(C)C. The summed E-state index contributed by atoms with van der Waals surface area (Å²) >= 11 is 0. The number of anilines is 1. The van der Waals surface area contributed by atoms with Gasteiger partial charge in [-0.15, -0.1) is 0 Å². The van der Waals surface area contributed by atoms with Gasteiger partial charge in [-0.3, -0.25) is 4.98 Å². The van der Waals surface area contributed by atoms with Crippen molar-refractivity contribution in [3.63, 3.8) is 0 Å². The molecule has 3 aromatic rings. The van der Waals surface area contributed by atoms with E-state index in [1.54, 1.807) is 12.4 Å². The Kier molecular flexibility index (Phi) is 6.54. The first-order valence-electron chi connectivity index (χ1n) is 9.63. The molecule has 3 rings (SSSR count). The summed E-state index contributed by atoms with van der Waals surface area (Å²) in [6.45, 7) is 6.31. The molecule has 0 aliphatic heterocycles. The van der Waals surface area contributed by atoms with Gasteiger partial charge in [0.05, 0.1) is 19.8 Å². The molecule has 152 valence electrons. The van der Waals surface area contributed by atoms with E-state index in [0.29, 0.717) is 18.1 Å². The van der Waals surface area contributed by atoms with Gasteiger partial charge in [0.1, 0.15) is 0 Å². The predicted octanol–water partition coefficient (Wildman–Crippen LogP) is 4.75. The Morgan fingerprint density at radius 3 is 2.62 bits per heavy atom. The maximum absolute atomic E-state index is 12.5. The number of nitrogens with one attached hydrogen (secondary N) is 1. The largest absolute Gasteiger partial charge is 0.490 e. The number of nitrogens with zero attached hydrogens (tertiary/aromatic N) is 1. The zero-order valence-corrected chi connectivity index (χ0v) is 17.1. The molecule has 1 aromatic heterocycles. The number of carbonyl (C=O) groups is 1. The molecule has 1 N–H and O–H groups in total. The monoisotopic (exact) mass is 394 g/mol. The van der Waals surface area contributed by atoms with E-state index in [4.69, 9.17) is 14.2 Å². The highest BCUT2D eigenvalue weighted by molar-refractivity contribution is 5.87. The molecule has 1 heterocycles. The fourth-order valence-corrected chi connectivity index (χ4v) is 3.06. The Bertz CT molecular complexity index is 988.